The van der Waals surface area contributed by atoms with E-state index in [9.17, 15) is 9.59 Å². The molecular formula is C22H15ClN2O3S. The number of carbonyl (C=O) groups is 1. The van der Waals surface area contributed by atoms with Crippen molar-refractivity contribution in [3.8, 4) is 21.8 Å². The first-order valence-electron chi connectivity index (χ1n) is 9.13. The number of aromatic amines is 1. The van der Waals surface area contributed by atoms with E-state index in [-0.39, 0.29) is 17.3 Å². The molecule has 0 bridgehead atoms. The second kappa shape index (κ2) is 7.13. The molecule has 0 saturated heterocycles. The Morgan fingerprint density at radius 3 is 2.79 bits per heavy atom. The van der Waals surface area contributed by atoms with Crippen LogP contribution in [0.1, 0.15) is 34.2 Å². The Labute approximate surface area is 175 Å². The predicted octanol–water partition coefficient (Wildman–Crippen LogP) is 5.32. The maximum atomic E-state index is 12.8. The monoisotopic (exact) mass is 422 g/mol. The summed E-state index contributed by atoms with van der Waals surface area (Å²) >= 11 is 7.43. The molecular weight excluding hydrogens is 408 g/mol. The molecule has 4 aromatic rings. The summed E-state index contributed by atoms with van der Waals surface area (Å²) in [4.78, 5) is 33.0. The highest BCUT2D eigenvalue weighted by Gasteiger charge is 2.29. The van der Waals surface area contributed by atoms with Crippen LogP contribution in [0.5, 0.6) is 0 Å². The van der Waals surface area contributed by atoms with Crippen LogP contribution in [-0.2, 0) is 6.42 Å². The topological polar surface area (TPSA) is 76.0 Å². The van der Waals surface area contributed by atoms with Gasteiger partial charge >= 0.3 is 0 Å². The van der Waals surface area contributed by atoms with Crippen LogP contribution < -0.4 is 5.56 Å². The van der Waals surface area contributed by atoms with Crippen LogP contribution in [0.4, 0.5) is 0 Å². The molecule has 0 amide bonds. The highest BCUT2D eigenvalue weighted by Crippen LogP contribution is 2.34. The highest BCUT2D eigenvalue weighted by molar-refractivity contribution is 7.13. The lowest BCUT2D eigenvalue weighted by atomic mass is 9.84. The van der Waals surface area contributed by atoms with Gasteiger partial charge in [0.25, 0.3) is 5.56 Å². The normalized spacial score (nSPS) is 16.0. The Morgan fingerprint density at radius 2 is 2.00 bits per heavy atom. The second-order valence-electron chi connectivity index (χ2n) is 7.00. The third kappa shape index (κ3) is 3.34. The fraction of sp³-hybridized carbons (Fsp3) is 0.136. The number of aromatic nitrogens is 2. The lowest BCUT2D eigenvalue weighted by Gasteiger charge is -2.22. The number of fused-ring (bicyclic) bond motifs is 1. The Morgan fingerprint density at radius 1 is 1.10 bits per heavy atom. The quantitative estimate of drug-likeness (QED) is 0.484. The van der Waals surface area contributed by atoms with E-state index in [0.29, 0.717) is 39.7 Å². The molecule has 1 N–H and O–H groups in total. The average molecular weight is 423 g/mol. The fourth-order valence-electron chi connectivity index (χ4n) is 3.69. The zero-order chi connectivity index (χ0) is 20.0. The largest absolute Gasteiger partial charge is 0.469 e. The van der Waals surface area contributed by atoms with Gasteiger partial charge in [0.2, 0.25) is 0 Å². The van der Waals surface area contributed by atoms with Gasteiger partial charge in [-0.25, -0.2) is 4.98 Å². The molecule has 3 aromatic heterocycles. The molecule has 1 aliphatic carbocycles. The van der Waals surface area contributed by atoms with Crippen LogP contribution in [0, 0.1) is 0 Å². The van der Waals surface area contributed by atoms with Gasteiger partial charge in [-0.05, 0) is 36.8 Å². The van der Waals surface area contributed by atoms with E-state index in [1.807, 2.05) is 29.6 Å². The van der Waals surface area contributed by atoms with Gasteiger partial charge in [0.1, 0.15) is 10.8 Å². The summed E-state index contributed by atoms with van der Waals surface area (Å²) in [6.45, 7) is 0. The lowest BCUT2D eigenvalue weighted by Crippen LogP contribution is -2.24. The Kier molecular flexibility index (Phi) is 4.45. The molecule has 5 rings (SSSR count). The van der Waals surface area contributed by atoms with Crippen LogP contribution >= 0.6 is 22.9 Å². The third-order valence-electron chi connectivity index (χ3n) is 5.11. The Bertz CT molecular complexity index is 1270. The molecule has 5 nitrogen and oxygen atoms in total. The zero-order valence-electron chi connectivity index (χ0n) is 15.1. The molecule has 3 heterocycles. The van der Waals surface area contributed by atoms with Gasteiger partial charge in [-0.3, -0.25) is 9.59 Å². The number of benzene rings is 1. The lowest BCUT2D eigenvalue weighted by molar-refractivity contribution is 0.0959. The molecule has 0 saturated carbocycles. The minimum absolute atomic E-state index is 0.00299. The second-order valence-corrected chi connectivity index (χ2v) is 8.29. The van der Waals surface area contributed by atoms with Crippen LogP contribution in [0.15, 0.2) is 63.3 Å². The van der Waals surface area contributed by atoms with Crippen molar-refractivity contribution in [3.63, 3.8) is 0 Å². The first-order chi connectivity index (χ1) is 14.1. The number of nitrogens with zero attached hydrogens (tertiary/aromatic N) is 1. The SMILES string of the molecule is O=C1C[C@@H](c2ccco2)Cc2[nH]c(=O)c(-c3nc(-c4cccc(Cl)c4)cs3)cc21. The van der Waals surface area contributed by atoms with Crippen molar-refractivity contribution in [2.45, 2.75) is 18.8 Å². The van der Waals surface area contributed by atoms with Crippen LogP contribution in [0.3, 0.4) is 0 Å². The number of ketones is 1. The van der Waals surface area contributed by atoms with Crippen molar-refractivity contribution in [1.82, 2.24) is 9.97 Å². The first kappa shape index (κ1) is 18.1. The van der Waals surface area contributed by atoms with E-state index in [2.05, 4.69) is 9.97 Å². The first-order valence-corrected chi connectivity index (χ1v) is 10.4. The summed E-state index contributed by atoms with van der Waals surface area (Å²) in [6.07, 6.45) is 2.52. The van der Waals surface area contributed by atoms with Crippen molar-refractivity contribution in [2.24, 2.45) is 0 Å². The van der Waals surface area contributed by atoms with Gasteiger partial charge in [0, 0.05) is 39.6 Å². The minimum Gasteiger partial charge on any atom is -0.469 e. The number of thiazole rings is 1. The summed E-state index contributed by atoms with van der Waals surface area (Å²) in [5.41, 5.74) is 3.00. The average Bonchev–Trinajstić information content (AvgIpc) is 3.40. The summed E-state index contributed by atoms with van der Waals surface area (Å²) in [7, 11) is 0. The molecule has 0 unspecified atom stereocenters. The number of rotatable bonds is 3. The maximum Gasteiger partial charge on any atom is 0.258 e. The van der Waals surface area contributed by atoms with Gasteiger partial charge in [0.15, 0.2) is 5.78 Å². The van der Waals surface area contributed by atoms with E-state index < -0.39 is 0 Å². The Hall–Kier alpha value is -2.96. The third-order valence-corrected chi connectivity index (χ3v) is 6.22. The van der Waals surface area contributed by atoms with Crippen LogP contribution in [0.2, 0.25) is 5.02 Å². The van der Waals surface area contributed by atoms with E-state index >= 15 is 0 Å². The summed E-state index contributed by atoms with van der Waals surface area (Å²) < 4.78 is 5.45. The van der Waals surface area contributed by atoms with Crippen molar-refractivity contribution in [2.75, 3.05) is 0 Å². The van der Waals surface area contributed by atoms with Crippen molar-refractivity contribution < 1.29 is 9.21 Å². The van der Waals surface area contributed by atoms with E-state index in [1.165, 1.54) is 11.3 Å². The molecule has 1 aromatic carbocycles. The molecule has 7 heteroatoms. The number of hydrogen-bond acceptors (Lipinski definition) is 5. The molecule has 29 heavy (non-hydrogen) atoms. The molecule has 144 valence electrons. The minimum atomic E-state index is -0.247. The molecule has 1 atom stereocenters. The zero-order valence-corrected chi connectivity index (χ0v) is 16.7. The number of hydrogen-bond donors (Lipinski definition) is 1. The van der Waals surface area contributed by atoms with Crippen LogP contribution in [0.25, 0.3) is 21.8 Å². The van der Waals surface area contributed by atoms with Gasteiger partial charge in [-0.1, -0.05) is 23.7 Å². The number of halogens is 1. The standard InChI is InChI=1S/C22H15ClN2O3S/c23-14-4-1-3-12(7-14)18-11-29-22(25-18)16-10-15-17(24-21(16)27)8-13(9-19(15)26)20-5-2-6-28-20/h1-7,10-11,13H,8-9H2,(H,24,27)/t13-/m0/s1. The number of furan rings is 1. The van der Waals surface area contributed by atoms with E-state index in [1.54, 1.807) is 24.5 Å². The number of carbonyl (C=O) groups excluding carboxylic acids is 1. The molecule has 1 aliphatic rings. The predicted molar refractivity (Wildman–Crippen MR) is 113 cm³/mol. The van der Waals surface area contributed by atoms with Gasteiger partial charge in [-0.2, -0.15) is 0 Å². The number of H-pyrrole nitrogens is 1. The van der Waals surface area contributed by atoms with Crippen molar-refractivity contribution >= 4 is 28.7 Å². The van der Waals surface area contributed by atoms with Crippen LogP contribution in [-0.4, -0.2) is 15.8 Å². The fourth-order valence-corrected chi connectivity index (χ4v) is 4.72. The van der Waals surface area contributed by atoms with Gasteiger partial charge in [-0.15, -0.1) is 11.3 Å². The number of Topliss-reactive ketones (excluding diaryl/α,β-unsaturated/α-hetero) is 1. The van der Waals surface area contributed by atoms with E-state index in [4.69, 9.17) is 16.0 Å². The number of nitrogens with one attached hydrogen (secondary N) is 1. The molecule has 0 aliphatic heterocycles. The van der Waals surface area contributed by atoms with Gasteiger partial charge in [0.05, 0.1) is 17.5 Å². The molecule has 0 radical (unpaired) electrons. The molecule has 0 fully saturated rings. The van der Waals surface area contributed by atoms with Gasteiger partial charge < -0.3 is 9.40 Å². The Balaban J connectivity index is 1.51. The van der Waals surface area contributed by atoms with Crippen molar-refractivity contribution in [3.05, 3.63) is 86.5 Å². The van der Waals surface area contributed by atoms with E-state index in [0.717, 1.165) is 17.0 Å². The molecule has 0 spiro atoms. The smallest absolute Gasteiger partial charge is 0.258 e. The highest BCUT2D eigenvalue weighted by atomic mass is 35.5. The summed E-state index contributed by atoms with van der Waals surface area (Å²) in [5.74, 6) is 0.706. The maximum absolute atomic E-state index is 12.8. The summed E-state index contributed by atoms with van der Waals surface area (Å²) in [6, 6.07) is 12.7. The summed E-state index contributed by atoms with van der Waals surface area (Å²) in [5, 5.41) is 3.08. The number of pyridine rings is 1. The van der Waals surface area contributed by atoms with Crippen molar-refractivity contribution in [1.29, 1.82) is 0 Å².